The SMILES string of the molecule is COc1ccc(C(C=CSc2cc(Cl)cc(Cl)c2)=Nc2ccccc2)cc1. The van der Waals surface area contributed by atoms with Gasteiger partial charge in [-0.2, -0.15) is 0 Å². The van der Waals surface area contributed by atoms with E-state index in [-0.39, 0.29) is 0 Å². The number of rotatable bonds is 6. The summed E-state index contributed by atoms with van der Waals surface area (Å²) in [5.74, 6) is 0.810. The molecule has 0 aromatic heterocycles. The number of para-hydroxylation sites is 1. The number of nitrogens with zero attached hydrogens (tertiary/aromatic N) is 1. The lowest BCUT2D eigenvalue weighted by atomic mass is 10.1. The Kier molecular flexibility index (Phi) is 6.99. The molecule has 0 bridgehead atoms. The van der Waals surface area contributed by atoms with Gasteiger partial charge in [0.2, 0.25) is 0 Å². The number of hydrogen-bond acceptors (Lipinski definition) is 3. The van der Waals surface area contributed by atoms with Crippen molar-refractivity contribution in [3.05, 3.63) is 99.9 Å². The molecule has 0 aliphatic heterocycles. The molecular weight excluding hydrogens is 397 g/mol. The average Bonchev–Trinajstić information content (AvgIpc) is 2.67. The molecule has 136 valence electrons. The minimum atomic E-state index is 0.617. The van der Waals surface area contributed by atoms with Gasteiger partial charge in [0.15, 0.2) is 0 Å². The molecule has 0 amide bonds. The van der Waals surface area contributed by atoms with Crippen molar-refractivity contribution in [2.75, 3.05) is 7.11 Å². The minimum absolute atomic E-state index is 0.617. The first-order valence-corrected chi connectivity index (χ1v) is 9.85. The number of allylic oxidation sites excluding steroid dienone is 1. The first kappa shape index (κ1) is 19.6. The van der Waals surface area contributed by atoms with E-state index in [9.17, 15) is 0 Å². The van der Waals surface area contributed by atoms with Crippen LogP contribution in [-0.4, -0.2) is 12.8 Å². The zero-order valence-electron chi connectivity index (χ0n) is 14.6. The second kappa shape index (κ2) is 9.65. The quantitative estimate of drug-likeness (QED) is 0.309. The molecule has 0 unspecified atom stereocenters. The van der Waals surface area contributed by atoms with E-state index in [2.05, 4.69) is 0 Å². The smallest absolute Gasteiger partial charge is 0.118 e. The van der Waals surface area contributed by atoms with Crippen LogP contribution in [0.4, 0.5) is 5.69 Å². The number of ether oxygens (including phenoxy) is 1. The number of aliphatic imine (C=N–C) groups is 1. The van der Waals surface area contributed by atoms with Crippen molar-refractivity contribution in [3.63, 3.8) is 0 Å². The van der Waals surface area contributed by atoms with Crippen LogP contribution in [0.15, 0.2) is 94.2 Å². The van der Waals surface area contributed by atoms with Crippen LogP contribution in [-0.2, 0) is 0 Å². The second-order valence-electron chi connectivity index (χ2n) is 5.59. The van der Waals surface area contributed by atoms with Crippen LogP contribution in [0.2, 0.25) is 10.0 Å². The Balaban J connectivity index is 1.88. The largest absolute Gasteiger partial charge is 0.497 e. The molecule has 0 N–H and O–H groups in total. The van der Waals surface area contributed by atoms with Crippen molar-refractivity contribution >= 4 is 46.4 Å². The number of benzene rings is 3. The van der Waals surface area contributed by atoms with Gasteiger partial charge < -0.3 is 4.74 Å². The molecule has 2 nitrogen and oxygen atoms in total. The van der Waals surface area contributed by atoms with E-state index < -0.39 is 0 Å². The van der Waals surface area contributed by atoms with Gasteiger partial charge in [0.05, 0.1) is 18.5 Å². The highest BCUT2D eigenvalue weighted by atomic mass is 35.5. The van der Waals surface area contributed by atoms with E-state index in [1.165, 1.54) is 11.8 Å². The van der Waals surface area contributed by atoms with Gasteiger partial charge in [-0.3, -0.25) is 0 Å². The molecule has 0 radical (unpaired) electrons. The Morgan fingerprint density at radius 2 is 1.59 bits per heavy atom. The van der Waals surface area contributed by atoms with Crippen molar-refractivity contribution in [1.82, 2.24) is 0 Å². The monoisotopic (exact) mass is 413 g/mol. The fourth-order valence-electron chi connectivity index (χ4n) is 2.38. The zero-order valence-corrected chi connectivity index (χ0v) is 16.9. The molecule has 3 rings (SSSR count). The highest BCUT2D eigenvalue weighted by molar-refractivity contribution is 8.02. The number of methoxy groups -OCH3 is 1. The lowest BCUT2D eigenvalue weighted by Crippen LogP contribution is -1.96. The fraction of sp³-hybridized carbons (Fsp3) is 0.0455. The second-order valence-corrected chi connectivity index (χ2v) is 7.44. The summed E-state index contributed by atoms with van der Waals surface area (Å²) >= 11 is 13.7. The minimum Gasteiger partial charge on any atom is -0.497 e. The summed E-state index contributed by atoms with van der Waals surface area (Å²) in [5.41, 5.74) is 2.74. The number of thioether (sulfide) groups is 1. The van der Waals surface area contributed by atoms with Crippen LogP contribution in [0.1, 0.15) is 5.56 Å². The maximum absolute atomic E-state index is 6.07. The lowest BCUT2D eigenvalue weighted by molar-refractivity contribution is 0.415. The Bertz CT molecular complexity index is 934. The Morgan fingerprint density at radius 3 is 2.22 bits per heavy atom. The summed E-state index contributed by atoms with van der Waals surface area (Å²) < 4.78 is 5.24. The Morgan fingerprint density at radius 1 is 0.926 bits per heavy atom. The molecule has 0 saturated heterocycles. The molecule has 0 fully saturated rings. The van der Waals surface area contributed by atoms with Crippen LogP contribution in [0.25, 0.3) is 0 Å². The van der Waals surface area contributed by atoms with Gasteiger partial charge in [-0.05, 0) is 66.1 Å². The fourth-order valence-corrected chi connectivity index (χ4v) is 3.77. The molecular formula is C22H17Cl2NOS. The van der Waals surface area contributed by atoms with E-state index in [0.717, 1.165) is 27.6 Å². The number of halogens is 2. The van der Waals surface area contributed by atoms with E-state index in [4.69, 9.17) is 32.9 Å². The normalized spacial score (nSPS) is 11.7. The van der Waals surface area contributed by atoms with Crippen LogP contribution in [0.3, 0.4) is 0 Å². The van der Waals surface area contributed by atoms with E-state index in [0.29, 0.717) is 10.0 Å². The van der Waals surface area contributed by atoms with Crippen molar-refractivity contribution in [2.45, 2.75) is 4.90 Å². The maximum atomic E-state index is 6.07. The maximum Gasteiger partial charge on any atom is 0.118 e. The summed E-state index contributed by atoms with van der Waals surface area (Å²) in [7, 11) is 1.65. The summed E-state index contributed by atoms with van der Waals surface area (Å²) in [6, 6.07) is 23.2. The van der Waals surface area contributed by atoms with Gasteiger partial charge in [-0.1, -0.05) is 53.2 Å². The summed E-state index contributed by atoms with van der Waals surface area (Å²) in [6.07, 6.45) is 1.98. The predicted molar refractivity (Wildman–Crippen MR) is 117 cm³/mol. The third-order valence-electron chi connectivity index (χ3n) is 3.66. The van der Waals surface area contributed by atoms with E-state index in [1.54, 1.807) is 13.2 Å². The predicted octanol–water partition coefficient (Wildman–Crippen LogP) is 7.43. The standard InChI is InChI=1S/C22H17Cl2NOS/c1-26-20-9-7-16(8-10-20)22(25-19-5-3-2-4-6-19)11-12-27-21-14-17(23)13-18(24)15-21/h2-15H,1H3. The molecule has 27 heavy (non-hydrogen) atoms. The van der Waals surface area contributed by atoms with Crippen LogP contribution < -0.4 is 4.74 Å². The molecule has 0 heterocycles. The third kappa shape index (κ3) is 5.90. The van der Waals surface area contributed by atoms with Gasteiger partial charge in [0, 0.05) is 20.5 Å². The van der Waals surface area contributed by atoms with E-state index in [1.807, 2.05) is 78.2 Å². The number of hydrogen-bond donors (Lipinski definition) is 0. The first-order valence-electron chi connectivity index (χ1n) is 8.21. The van der Waals surface area contributed by atoms with Crippen molar-refractivity contribution in [1.29, 1.82) is 0 Å². The summed E-state index contributed by atoms with van der Waals surface area (Å²) in [5, 5.41) is 3.21. The van der Waals surface area contributed by atoms with Gasteiger partial charge in [-0.25, -0.2) is 4.99 Å². The van der Waals surface area contributed by atoms with Crippen LogP contribution in [0.5, 0.6) is 5.75 Å². The third-order valence-corrected chi connectivity index (χ3v) is 4.87. The molecule has 0 saturated carbocycles. The van der Waals surface area contributed by atoms with Crippen LogP contribution >= 0.6 is 35.0 Å². The van der Waals surface area contributed by atoms with Gasteiger partial charge >= 0.3 is 0 Å². The van der Waals surface area contributed by atoms with Crippen molar-refractivity contribution in [2.24, 2.45) is 4.99 Å². The summed E-state index contributed by atoms with van der Waals surface area (Å²) in [6.45, 7) is 0. The molecule has 3 aromatic carbocycles. The van der Waals surface area contributed by atoms with Crippen molar-refractivity contribution < 1.29 is 4.74 Å². The lowest BCUT2D eigenvalue weighted by Gasteiger charge is -2.05. The van der Waals surface area contributed by atoms with Gasteiger partial charge in [-0.15, -0.1) is 0 Å². The Hall–Kier alpha value is -2.20. The van der Waals surface area contributed by atoms with Crippen LogP contribution in [0, 0.1) is 0 Å². The highest BCUT2D eigenvalue weighted by Crippen LogP contribution is 2.27. The molecule has 0 atom stereocenters. The molecule has 5 heteroatoms. The summed E-state index contributed by atoms with van der Waals surface area (Å²) in [4.78, 5) is 5.74. The topological polar surface area (TPSA) is 21.6 Å². The molecule has 0 aliphatic carbocycles. The van der Waals surface area contributed by atoms with E-state index >= 15 is 0 Å². The average molecular weight is 414 g/mol. The molecule has 3 aromatic rings. The van der Waals surface area contributed by atoms with Gasteiger partial charge in [0.1, 0.15) is 5.75 Å². The zero-order chi connectivity index (χ0) is 19.1. The van der Waals surface area contributed by atoms with Crippen molar-refractivity contribution in [3.8, 4) is 5.75 Å². The molecule has 0 spiro atoms. The van der Waals surface area contributed by atoms with Gasteiger partial charge in [0.25, 0.3) is 0 Å². The highest BCUT2D eigenvalue weighted by Gasteiger charge is 2.03. The Labute approximate surface area is 173 Å². The molecule has 0 aliphatic rings. The first-order chi connectivity index (χ1) is 13.1.